The Bertz CT molecular complexity index is 257. The van der Waals surface area contributed by atoms with Crippen molar-refractivity contribution in [2.24, 2.45) is 17.8 Å². The molecule has 2 saturated heterocycles. The first-order chi connectivity index (χ1) is 6.84. The Morgan fingerprint density at radius 1 is 1.33 bits per heavy atom. The predicted octanol–water partition coefficient (Wildman–Crippen LogP) is 1.60. The largest absolute Gasteiger partial charge is 0.390 e. The van der Waals surface area contributed by atoms with E-state index in [4.69, 9.17) is 4.74 Å². The van der Waals surface area contributed by atoms with Gasteiger partial charge < -0.3 is 9.84 Å². The van der Waals surface area contributed by atoms with E-state index in [9.17, 15) is 13.9 Å². The lowest BCUT2D eigenvalue weighted by atomic mass is 9.77. The summed E-state index contributed by atoms with van der Waals surface area (Å²) in [6.07, 6.45) is -6.91. The average molecular weight is 222 g/mol. The van der Waals surface area contributed by atoms with E-state index in [1.54, 1.807) is 6.92 Å². The molecule has 5 heteroatoms. The number of aliphatic hydroxyl groups is 1. The third-order valence-electron chi connectivity index (χ3n) is 3.40. The van der Waals surface area contributed by atoms with E-state index >= 15 is 0 Å². The van der Waals surface area contributed by atoms with Crippen LogP contribution in [0.25, 0.3) is 0 Å². The zero-order valence-electron chi connectivity index (χ0n) is 8.98. The van der Waals surface area contributed by atoms with Crippen molar-refractivity contribution in [1.82, 2.24) is 0 Å². The summed E-state index contributed by atoms with van der Waals surface area (Å²) in [5.41, 5.74) is 0. The second kappa shape index (κ2) is 3.37. The molecule has 0 aromatic heterocycles. The Balaban J connectivity index is 2.27. The molecule has 0 unspecified atom stereocenters. The van der Waals surface area contributed by atoms with Crippen LogP contribution in [0.4, 0.5) is 8.78 Å². The van der Waals surface area contributed by atoms with Gasteiger partial charge in [0.25, 0.3) is 0 Å². The van der Waals surface area contributed by atoms with Crippen LogP contribution in [0.15, 0.2) is 0 Å². The maximum Gasteiger partial charge on any atom is 0.386 e. The Morgan fingerprint density at radius 2 is 1.93 bits per heavy atom. The summed E-state index contributed by atoms with van der Waals surface area (Å²) >= 11 is 0. The lowest BCUT2D eigenvalue weighted by molar-refractivity contribution is -0.236. The van der Waals surface area contributed by atoms with E-state index in [0.717, 1.165) is 0 Å². The summed E-state index contributed by atoms with van der Waals surface area (Å²) in [6, 6.07) is 0. The zero-order chi connectivity index (χ0) is 11.4. The molecular formula is C10H16F2O3. The van der Waals surface area contributed by atoms with E-state index in [0.29, 0.717) is 0 Å². The quantitative estimate of drug-likeness (QED) is 0.732. The van der Waals surface area contributed by atoms with Crippen molar-refractivity contribution in [3.05, 3.63) is 0 Å². The Morgan fingerprint density at radius 3 is 2.47 bits per heavy atom. The summed E-state index contributed by atoms with van der Waals surface area (Å²) in [7, 11) is 0. The number of fused-ring (bicyclic) bond motifs is 2. The first-order valence-corrected chi connectivity index (χ1v) is 5.23. The van der Waals surface area contributed by atoms with Crippen LogP contribution in [0.2, 0.25) is 0 Å². The monoisotopic (exact) mass is 222 g/mol. The van der Waals surface area contributed by atoms with E-state index in [2.05, 4.69) is 4.74 Å². The van der Waals surface area contributed by atoms with Crippen molar-refractivity contribution in [3.63, 3.8) is 0 Å². The normalized spacial score (nSPS) is 48.6. The van der Waals surface area contributed by atoms with Gasteiger partial charge in [-0.25, -0.2) is 0 Å². The van der Waals surface area contributed by atoms with Gasteiger partial charge in [0.2, 0.25) is 0 Å². The second-order valence-electron chi connectivity index (χ2n) is 4.78. The first-order valence-electron chi connectivity index (χ1n) is 5.23. The minimum absolute atomic E-state index is 0.126. The number of rotatable bonds is 1. The van der Waals surface area contributed by atoms with Gasteiger partial charge in [0.05, 0.1) is 6.10 Å². The van der Waals surface area contributed by atoms with Gasteiger partial charge in [0, 0.05) is 5.92 Å². The van der Waals surface area contributed by atoms with Gasteiger partial charge in [-0.15, -0.1) is 0 Å². The number of ether oxygens (including phenoxy) is 2. The van der Waals surface area contributed by atoms with Crippen molar-refractivity contribution in [1.29, 1.82) is 0 Å². The van der Waals surface area contributed by atoms with Crippen molar-refractivity contribution in [3.8, 4) is 0 Å². The molecule has 2 rings (SSSR count). The fraction of sp³-hybridized carbons (Fsp3) is 1.00. The molecule has 0 radical (unpaired) electrons. The van der Waals surface area contributed by atoms with Crippen molar-refractivity contribution in [2.75, 3.05) is 0 Å². The molecular weight excluding hydrogens is 206 g/mol. The maximum absolute atomic E-state index is 13.3. The Labute approximate surface area is 87.4 Å². The van der Waals surface area contributed by atoms with E-state index in [1.807, 2.05) is 13.8 Å². The molecule has 0 saturated carbocycles. The van der Waals surface area contributed by atoms with Crippen LogP contribution in [-0.2, 0) is 9.47 Å². The summed E-state index contributed by atoms with van der Waals surface area (Å²) in [6.45, 7) is 5.59. The standard InChI is InChI=1S/C10H16F2O3/c1-4(2)6-5(3)9-14-8(7(6)13)10(11,12)15-9/h4-9,13H,1-3H3/t5-,6+,7-,8+,9+/m0/s1. The maximum atomic E-state index is 13.3. The number of hydrogen-bond donors (Lipinski definition) is 1. The van der Waals surface area contributed by atoms with Gasteiger partial charge in [0.1, 0.15) is 0 Å². The van der Waals surface area contributed by atoms with Gasteiger partial charge >= 0.3 is 6.11 Å². The smallest absolute Gasteiger partial charge is 0.386 e. The van der Waals surface area contributed by atoms with Gasteiger partial charge in [0.15, 0.2) is 12.4 Å². The molecule has 2 aliphatic heterocycles. The molecule has 2 heterocycles. The molecule has 5 atom stereocenters. The minimum atomic E-state index is -3.36. The molecule has 15 heavy (non-hydrogen) atoms. The minimum Gasteiger partial charge on any atom is -0.390 e. The fourth-order valence-electron chi connectivity index (χ4n) is 2.68. The molecule has 2 aliphatic rings. The van der Waals surface area contributed by atoms with Crippen molar-refractivity contribution >= 4 is 0 Å². The van der Waals surface area contributed by atoms with Crippen LogP contribution in [0.3, 0.4) is 0 Å². The topological polar surface area (TPSA) is 38.7 Å². The zero-order valence-corrected chi connectivity index (χ0v) is 8.98. The average Bonchev–Trinajstić information content (AvgIpc) is 2.36. The highest BCUT2D eigenvalue weighted by molar-refractivity contribution is 4.96. The lowest BCUT2D eigenvalue weighted by Crippen LogP contribution is -2.50. The highest BCUT2D eigenvalue weighted by atomic mass is 19.3. The van der Waals surface area contributed by atoms with Crippen molar-refractivity contribution < 1.29 is 23.4 Å². The molecule has 0 aromatic rings. The van der Waals surface area contributed by atoms with Gasteiger partial charge in [-0.2, -0.15) is 8.78 Å². The summed E-state index contributed by atoms with van der Waals surface area (Å²) in [5.74, 6) is -0.298. The molecule has 2 bridgehead atoms. The van der Waals surface area contributed by atoms with Gasteiger partial charge in [-0.05, 0) is 11.8 Å². The molecule has 1 N–H and O–H groups in total. The van der Waals surface area contributed by atoms with E-state index in [1.165, 1.54) is 0 Å². The number of halogens is 2. The summed E-state index contributed by atoms with van der Waals surface area (Å²) in [5, 5.41) is 9.85. The third-order valence-corrected chi connectivity index (χ3v) is 3.40. The first kappa shape index (κ1) is 11.2. The summed E-state index contributed by atoms with van der Waals surface area (Å²) < 4.78 is 36.0. The molecule has 0 aromatic carbocycles. The molecule has 2 fully saturated rings. The molecule has 0 aliphatic carbocycles. The summed E-state index contributed by atoms with van der Waals surface area (Å²) in [4.78, 5) is 0. The van der Waals surface area contributed by atoms with Crippen molar-refractivity contribution in [2.45, 2.75) is 45.4 Å². The molecule has 0 spiro atoms. The number of alkyl halides is 2. The SMILES string of the molecule is CC(C)[C@@H]1[C@H](C)[C@@H]2O[C@H]([C@H]1O)C(F)(F)O2. The van der Waals surface area contributed by atoms with Crippen LogP contribution >= 0.6 is 0 Å². The predicted molar refractivity (Wildman–Crippen MR) is 48.2 cm³/mol. The van der Waals surface area contributed by atoms with Gasteiger partial charge in [-0.3, -0.25) is 4.74 Å². The van der Waals surface area contributed by atoms with Gasteiger partial charge in [-0.1, -0.05) is 20.8 Å². The second-order valence-corrected chi connectivity index (χ2v) is 4.78. The number of aliphatic hydroxyl groups excluding tert-OH is 1. The van der Waals surface area contributed by atoms with Crippen LogP contribution < -0.4 is 0 Å². The van der Waals surface area contributed by atoms with Crippen LogP contribution in [-0.4, -0.2) is 29.7 Å². The van der Waals surface area contributed by atoms with E-state index in [-0.39, 0.29) is 17.8 Å². The Hall–Kier alpha value is -0.260. The van der Waals surface area contributed by atoms with E-state index < -0.39 is 24.6 Å². The molecule has 0 amide bonds. The van der Waals surface area contributed by atoms with Crippen LogP contribution in [0.5, 0.6) is 0 Å². The molecule has 3 nitrogen and oxygen atoms in total. The number of hydrogen-bond acceptors (Lipinski definition) is 3. The fourth-order valence-corrected chi connectivity index (χ4v) is 2.68. The third kappa shape index (κ3) is 1.57. The molecule has 88 valence electrons. The van der Waals surface area contributed by atoms with Crippen LogP contribution in [0, 0.1) is 17.8 Å². The highest BCUT2D eigenvalue weighted by Gasteiger charge is 2.63. The lowest BCUT2D eigenvalue weighted by Gasteiger charge is -2.38. The Kier molecular flexibility index (Phi) is 2.52. The van der Waals surface area contributed by atoms with Crippen LogP contribution in [0.1, 0.15) is 20.8 Å². The highest BCUT2D eigenvalue weighted by Crippen LogP contribution is 2.47.